The Hall–Kier alpha value is -3.80. The molecule has 0 saturated carbocycles. The minimum atomic E-state index is -4.89. The van der Waals surface area contributed by atoms with Gasteiger partial charge in [0.15, 0.2) is 0 Å². The maximum atomic E-state index is 13.4. The van der Waals surface area contributed by atoms with Gasteiger partial charge in [-0.1, -0.05) is 11.5 Å². The summed E-state index contributed by atoms with van der Waals surface area (Å²) in [5.74, 6) is 0.503. The Balaban J connectivity index is 1.76. The molecule has 0 saturated heterocycles. The molecular weight excluding hydrogens is 427 g/mol. The van der Waals surface area contributed by atoms with Crippen molar-refractivity contribution in [1.82, 2.24) is 4.90 Å². The lowest BCUT2D eigenvalue weighted by atomic mass is 9.89. The molecule has 1 aromatic carbocycles. The molecule has 0 radical (unpaired) electrons. The summed E-state index contributed by atoms with van der Waals surface area (Å²) in [6.45, 7) is 0.283. The molecule has 1 aliphatic heterocycles. The first-order valence-corrected chi connectivity index (χ1v) is 9.59. The summed E-state index contributed by atoms with van der Waals surface area (Å²) in [5, 5.41) is 0. The smallest absolute Gasteiger partial charge is 0.497 e. The van der Waals surface area contributed by atoms with E-state index in [2.05, 4.69) is 16.2 Å². The number of amides is 1. The predicted octanol–water partition coefficient (Wildman–Crippen LogP) is 4.44. The van der Waals surface area contributed by atoms with Crippen molar-refractivity contribution in [2.75, 3.05) is 20.8 Å². The van der Waals surface area contributed by atoms with Crippen LogP contribution in [0.25, 0.3) is 0 Å². The zero-order valence-electron chi connectivity index (χ0n) is 17.2. The van der Waals surface area contributed by atoms with Crippen LogP contribution in [0.15, 0.2) is 69.9 Å². The summed E-state index contributed by atoms with van der Waals surface area (Å²) in [6, 6.07) is 6.33. The molecule has 1 amide bonds. The fourth-order valence-corrected chi connectivity index (χ4v) is 3.82. The zero-order chi connectivity index (χ0) is 22.9. The lowest BCUT2D eigenvalue weighted by Gasteiger charge is -2.37. The molecule has 6 nitrogen and oxygen atoms in total. The van der Waals surface area contributed by atoms with Gasteiger partial charge in [0, 0.05) is 30.3 Å². The van der Waals surface area contributed by atoms with Crippen molar-refractivity contribution in [1.29, 1.82) is 0 Å². The zero-order valence-corrected chi connectivity index (χ0v) is 17.2. The van der Waals surface area contributed by atoms with E-state index in [1.165, 1.54) is 18.3 Å². The van der Waals surface area contributed by atoms with E-state index >= 15 is 0 Å². The van der Waals surface area contributed by atoms with E-state index in [0.717, 1.165) is 23.3 Å². The molecule has 2 aliphatic rings. The van der Waals surface area contributed by atoms with Gasteiger partial charge < -0.3 is 23.5 Å². The summed E-state index contributed by atoms with van der Waals surface area (Å²) in [7, 11) is 3.06. The minimum absolute atomic E-state index is 0.112. The van der Waals surface area contributed by atoms with Crippen molar-refractivity contribution in [3.05, 3.63) is 82.4 Å². The Morgan fingerprint density at radius 2 is 2.06 bits per heavy atom. The number of allylic oxidation sites excluding steroid dienone is 1. The second-order valence-electron chi connectivity index (χ2n) is 6.99. The van der Waals surface area contributed by atoms with Gasteiger partial charge in [-0.25, -0.2) is 0 Å². The van der Waals surface area contributed by atoms with Gasteiger partial charge in [0.2, 0.25) is 0 Å². The van der Waals surface area contributed by atoms with E-state index in [1.54, 1.807) is 25.3 Å². The van der Waals surface area contributed by atoms with Crippen molar-refractivity contribution >= 4 is 5.91 Å². The molecule has 9 heteroatoms. The van der Waals surface area contributed by atoms with E-state index in [-0.39, 0.29) is 12.1 Å². The summed E-state index contributed by atoms with van der Waals surface area (Å²) in [4.78, 5) is 14.9. The molecular formula is C23H18F3NO5. The SMILES string of the molecule is COc1cc2c(c(OC)c1)C(c1ccco1)N(C(=O)C1=C=C=CC(OC(F)(F)F)=C1)CC2. The Kier molecular flexibility index (Phi) is 5.61. The van der Waals surface area contributed by atoms with E-state index in [1.807, 2.05) is 6.07 Å². The normalized spacial score (nSPS) is 17.4. The quantitative estimate of drug-likeness (QED) is 0.637. The highest BCUT2D eigenvalue weighted by atomic mass is 19.4. The van der Waals surface area contributed by atoms with Gasteiger partial charge in [0.1, 0.15) is 29.1 Å². The highest BCUT2D eigenvalue weighted by Crippen LogP contribution is 2.43. The highest BCUT2D eigenvalue weighted by Gasteiger charge is 2.38. The molecule has 2 aromatic rings. The number of furan rings is 1. The molecule has 4 rings (SSSR count). The van der Waals surface area contributed by atoms with Gasteiger partial charge >= 0.3 is 6.36 Å². The standard InChI is InChI=1S/C23H18F3NO5/c1-29-17-11-14-8-9-27(21(18-7-4-10-31-18)20(14)19(13-17)30-2)22(28)15-5-3-6-16(12-15)32-23(24,25)26/h4,6-7,10-13,21H,8-9H2,1-2H3. The fourth-order valence-electron chi connectivity index (χ4n) is 3.82. The van der Waals surface area contributed by atoms with E-state index in [4.69, 9.17) is 13.9 Å². The monoisotopic (exact) mass is 445 g/mol. The van der Waals surface area contributed by atoms with Crippen LogP contribution in [0.4, 0.5) is 13.2 Å². The Bertz CT molecular complexity index is 1150. The third kappa shape index (κ3) is 4.17. The van der Waals surface area contributed by atoms with Crippen molar-refractivity contribution in [3.63, 3.8) is 0 Å². The maximum absolute atomic E-state index is 13.4. The Morgan fingerprint density at radius 1 is 1.25 bits per heavy atom. The number of carbonyl (C=O) groups is 1. The summed E-state index contributed by atoms with van der Waals surface area (Å²) in [6.07, 6.45) is -0.960. The average Bonchev–Trinajstić information content (AvgIpc) is 3.30. The van der Waals surface area contributed by atoms with Crippen LogP contribution >= 0.6 is 0 Å². The number of hydrogen-bond donors (Lipinski definition) is 0. The number of hydrogen-bond acceptors (Lipinski definition) is 5. The topological polar surface area (TPSA) is 61.1 Å². The number of ether oxygens (including phenoxy) is 3. The number of nitrogens with zero attached hydrogens (tertiary/aromatic N) is 1. The first-order valence-electron chi connectivity index (χ1n) is 9.59. The van der Waals surface area contributed by atoms with Gasteiger partial charge in [-0.15, -0.1) is 13.2 Å². The van der Waals surface area contributed by atoms with Crippen LogP contribution in [0.5, 0.6) is 11.5 Å². The van der Waals surface area contributed by atoms with Crippen LogP contribution in [0.3, 0.4) is 0 Å². The molecule has 0 bridgehead atoms. The van der Waals surface area contributed by atoms with Crippen molar-refractivity contribution < 1.29 is 36.6 Å². The Labute approximate surface area is 181 Å². The fraction of sp³-hybridized carbons (Fsp3) is 0.261. The van der Waals surface area contributed by atoms with Gasteiger partial charge in [0.25, 0.3) is 5.91 Å². The molecule has 0 N–H and O–H groups in total. The molecule has 0 spiro atoms. The molecule has 1 atom stereocenters. The van der Waals surface area contributed by atoms with E-state index < -0.39 is 24.1 Å². The summed E-state index contributed by atoms with van der Waals surface area (Å²) >= 11 is 0. The summed E-state index contributed by atoms with van der Waals surface area (Å²) in [5.41, 5.74) is 6.52. The second-order valence-corrected chi connectivity index (χ2v) is 6.99. The third-order valence-electron chi connectivity index (χ3n) is 5.11. The van der Waals surface area contributed by atoms with Crippen LogP contribution in [0, 0.1) is 0 Å². The molecule has 0 fully saturated rings. The van der Waals surface area contributed by atoms with Crippen molar-refractivity contribution in [2.24, 2.45) is 0 Å². The molecule has 166 valence electrons. The average molecular weight is 445 g/mol. The van der Waals surface area contributed by atoms with Crippen molar-refractivity contribution in [3.8, 4) is 11.5 Å². The van der Waals surface area contributed by atoms with Crippen molar-refractivity contribution in [2.45, 2.75) is 18.8 Å². The molecule has 1 aliphatic carbocycles. The number of carbonyl (C=O) groups excluding carboxylic acids is 1. The number of fused-ring (bicyclic) bond motifs is 1. The van der Waals surface area contributed by atoms with Gasteiger partial charge in [-0.05, 0) is 30.2 Å². The molecule has 32 heavy (non-hydrogen) atoms. The van der Waals surface area contributed by atoms with Crippen LogP contribution < -0.4 is 9.47 Å². The number of rotatable bonds is 5. The van der Waals surface area contributed by atoms with Gasteiger partial charge in [-0.2, -0.15) is 0 Å². The number of benzene rings is 1. The minimum Gasteiger partial charge on any atom is -0.497 e. The van der Waals surface area contributed by atoms with E-state index in [9.17, 15) is 18.0 Å². The third-order valence-corrected chi connectivity index (χ3v) is 5.11. The van der Waals surface area contributed by atoms with Gasteiger partial charge in [-0.3, -0.25) is 4.79 Å². The lowest BCUT2D eigenvalue weighted by molar-refractivity contribution is -0.303. The van der Waals surface area contributed by atoms with Crippen LogP contribution in [0.2, 0.25) is 0 Å². The van der Waals surface area contributed by atoms with Gasteiger partial charge in [0.05, 0.1) is 26.1 Å². The number of alkyl halides is 3. The molecule has 1 aromatic heterocycles. The highest BCUT2D eigenvalue weighted by molar-refractivity contribution is 5.97. The summed E-state index contributed by atoms with van der Waals surface area (Å²) < 4.78 is 58.3. The Morgan fingerprint density at radius 3 is 2.72 bits per heavy atom. The number of halogens is 3. The van der Waals surface area contributed by atoms with Crippen LogP contribution in [-0.2, 0) is 16.0 Å². The first kappa shape index (κ1) is 21.4. The lowest BCUT2D eigenvalue weighted by Crippen LogP contribution is -2.41. The molecule has 2 heterocycles. The van der Waals surface area contributed by atoms with Crippen LogP contribution in [-0.4, -0.2) is 37.9 Å². The largest absolute Gasteiger partial charge is 0.573 e. The maximum Gasteiger partial charge on any atom is 0.573 e. The first-order chi connectivity index (χ1) is 15.3. The predicted molar refractivity (Wildman–Crippen MR) is 106 cm³/mol. The van der Waals surface area contributed by atoms with E-state index in [0.29, 0.717) is 23.7 Å². The number of methoxy groups -OCH3 is 2. The molecule has 1 unspecified atom stereocenters. The second kappa shape index (κ2) is 8.38. The van der Waals surface area contributed by atoms with Crippen LogP contribution in [0.1, 0.15) is 22.9 Å².